The zero-order valence-electron chi connectivity index (χ0n) is 12.0. The molecule has 2 rings (SSSR count). The predicted octanol–water partition coefficient (Wildman–Crippen LogP) is 2.50. The van der Waals surface area contributed by atoms with Gasteiger partial charge in [-0.2, -0.15) is 0 Å². The zero-order valence-corrected chi connectivity index (χ0v) is 12.0. The van der Waals surface area contributed by atoms with Crippen LogP contribution in [0.1, 0.15) is 40.3 Å². The monoisotopic (exact) mass is 289 g/mol. The van der Waals surface area contributed by atoms with Crippen LogP contribution in [-0.4, -0.2) is 28.3 Å². The van der Waals surface area contributed by atoms with Crippen molar-refractivity contribution in [3.05, 3.63) is 35.3 Å². The molecule has 0 aliphatic carbocycles. The molecule has 110 valence electrons. The number of aryl methyl sites for hydroxylation is 1. The van der Waals surface area contributed by atoms with Gasteiger partial charge >= 0.3 is 5.97 Å². The topological polar surface area (TPSA) is 94.3 Å². The minimum absolute atomic E-state index is 0.0642. The van der Waals surface area contributed by atoms with E-state index in [1.807, 2.05) is 0 Å². The number of esters is 1. The number of Topliss-reactive ketones (excluding diaryl/α,β-unsaturated/α-hetero) is 1. The maximum Gasteiger partial charge on any atom is 0.344 e. The molecule has 7 heteroatoms. The van der Waals surface area contributed by atoms with E-state index < -0.39 is 5.97 Å². The summed E-state index contributed by atoms with van der Waals surface area (Å²) in [6, 6.07) is 1.66. The Morgan fingerprint density at radius 1 is 1.29 bits per heavy atom. The van der Waals surface area contributed by atoms with Gasteiger partial charge in [0.15, 0.2) is 5.78 Å². The molecular formula is C14H15N3O4. The molecule has 2 heterocycles. The summed E-state index contributed by atoms with van der Waals surface area (Å²) in [6.07, 6.45) is 3.09. The molecule has 0 bridgehead atoms. The summed E-state index contributed by atoms with van der Waals surface area (Å²) >= 11 is 0. The van der Waals surface area contributed by atoms with Crippen LogP contribution in [-0.2, 0) is 4.74 Å². The summed E-state index contributed by atoms with van der Waals surface area (Å²) in [6.45, 7) is 4.85. The van der Waals surface area contributed by atoms with E-state index >= 15 is 0 Å². The summed E-state index contributed by atoms with van der Waals surface area (Å²) in [5.41, 5.74) is 0.265. The van der Waals surface area contributed by atoms with E-state index in [0.717, 1.165) is 0 Å². The first-order valence-corrected chi connectivity index (χ1v) is 6.40. The van der Waals surface area contributed by atoms with Crippen molar-refractivity contribution in [1.82, 2.24) is 9.97 Å². The van der Waals surface area contributed by atoms with Crippen LogP contribution in [0.3, 0.4) is 0 Å². The Kier molecular flexibility index (Phi) is 4.32. The lowest BCUT2D eigenvalue weighted by atomic mass is 10.1. The Balaban J connectivity index is 2.47. The highest BCUT2D eigenvalue weighted by Gasteiger charge is 2.28. The minimum Gasteiger partial charge on any atom is -0.462 e. The van der Waals surface area contributed by atoms with Gasteiger partial charge in [-0.25, -0.2) is 14.8 Å². The molecule has 0 fully saturated rings. The number of carbonyl (C=O) groups is 2. The average molecular weight is 289 g/mol. The fraction of sp³-hybridized carbons (Fsp3) is 0.286. The molecule has 0 aromatic carbocycles. The Morgan fingerprint density at radius 2 is 1.95 bits per heavy atom. The number of carbonyl (C=O) groups excluding carboxylic acids is 2. The van der Waals surface area contributed by atoms with Gasteiger partial charge in [-0.1, -0.05) is 0 Å². The summed E-state index contributed by atoms with van der Waals surface area (Å²) < 4.78 is 10.4. The van der Waals surface area contributed by atoms with Crippen molar-refractivity contribution in [2.24, 2.45) is 0 Å². The molecule has 21 heavy (non-hydrogen) atoms. The number of nitrogens with one attached hydrogen (secondary N) is 1. The van der Waals surface area contributed by atoms with Gasteiger partial charge in [0.05, 0.1) is 12.2 Å². The smallest absolute Gasteiger partial charge is 0.344 e. The van der Waals surface area contributed by atoms with Gasteiger partial charge in [0.2, 0.25) is 11.8 Å². The van der Waals surface area contributed by atoms with Crippen molar-refractivity contribution in [2.45, 2.75) is 20.8 Å². The average Bonchev–Trinajstić information content (AvgIpc) is 2.76. The van der Waals surface area contributed by atoms with Crippen LogP contribution in [0.5, 0.6) is 0 Å². The summed E-state index contributed by atoms with van der Waals surface area (Å²) in [7, 11) is 0. The van der Waals surface area contributed by atoms with Crippen molar-refractivity contribution in [3.63, 3.8) is 0 Å². The summed E-state index contributed by atoms with van der Waals surface area (Å²) in [4.78, 5) is 31.8. The molecule has 0 saturated carbocycles. The molecule has 7 nitrogen and oxygen atoms in total. The number of rotatable bonds is 5. The van der Waals surface area contributed by atoms with Crippen molar-refractivity contribution < 1.29 is 18.7 Å². The summed E-state index contributed by atoms with van der Waals surface area (Å²) in [5, 5.41) is 2.79. The van der Waals surface area contributed by atoms with Crippen LogP contribution in [0.15, 0.2) is 22.9 Å². The molecule has 0 aliphatic rings. The highest BCUT2D eigenvalue weighted by atomic mass is 16.5. The highest BCUT2D eigenvalue weighted by Crippen LogP contribution is 2.29. The van der Waals surface area contributed by atoms with Gasteiger partial charge in [0.1, 0.15) is 11.3 Å². The molecule has 0 amide bonds. The van der Waals surface area contributed by atoms with Crippen molar-refractivity contribution in [2.75, 3.05) is 11.9 Å². The first-order valence-electron chi connectivity index (χ1n) is 6.40. The normalized spacial score (nSPS) is 10.2. The molecule has 2 aromatic heterocycles. The first-order chi connectivity index (χ1) is 10.0. The third-order valence-corrected chi connectivity index (χ3v) is 2.71. The number of hydrogen-bond acceptors (Lipinski definition) is 7. The molecule has 0 radical (unpaired) electrons. The van der Waals surface area contributed by atoms with E-state index in [0.29, 0.717) is 5.76 Å². The van der Waals surface area contributed by atoms with E-state index in [4.69, 9.17) is 9.15 Å². The number of ketones is 1. The van der Waals surface area contributed by atoms with Gasteiger partial charge < -0.3 is 9.15 Å². The SMILES string of the molecule is CCOC(=O)c1c(Nc2ncccn2)oc(C)c1C(C)=O. The first kappa shape index (κ1) is 14.7. The van der Waals surface area contributed by atoms with Gasteiger partial charge in [0.25, 0.3) is 0 Å². The third-order valence-electron chi connectivity index (χ3n) is 2.71. The fourth-order valence-electron chi connectivity index (χ4n) is 1.92. The minimum atomic E-state index is -0.627. The van der Waals surface area contributed by atoms with Crippen LogP contribution in [0, 0.1) is 6.92 Å². The van der Waals surface area contributed by atoms with Crippen LogP contribution in [0.2, 0.25) is 0 Å². The van der Waals surface area contributed by atoms with Crippen molar-refractivity contribution in [3.8, 4) is 0 Å². The second-order valence-corrected chi connectivity index (χ2v) is 4.21. The van der Waals surface area contributed by atoms with Crippen LogP contribution in [0.25, 0.3) is 0 Å². The number of furan rings is 1. The van der Waals surface area contributed by atoms with Crippen LogP contribution < -0.4 is 5.32 Å². The number of anilines is 2. The van der Waals surface area contributed by atoms with Crippen molar-refractivity contribution in [1.29, 1.82) is 0 Å². The number of hydrogen-bond donors (Lipinski definition) is 1. The van der Waals surface area contributed by atoms with Crippen molar-refractivity contribution >= 4 is 23.6 Å². The second kappa shape index (κ2) is 6.17. The van der Waals surface area contributed by atoms with Gasteiger partial charge in [-0.05, 0) is 26.8 Å². The molecule has 2 aromatic rings. The lowest BCUT2D eigenvalue weighted by Gasteiger charge is -2.05. The molecule has 0 spiro atoms. The number of aromatic nitrogens is 2. The van der Waals surface area contributed by atoms with E-state index in [-0.39, 0.29) is 35.3 Å². The number of nitrogens with zero attached hydrogens (tertiary/aromatic N) is 2. The predicted molar refractivity (Wildman–Crippen MR) is 74.7 cm³/mol. The third kappa shape index (κ3) is 3.07. The fourth-order valence-corrected chi connectivity index (χ4v) is 1.92. The van der Waals surface area contributed by atoms with E-state index in [9.17, 15) is 9.59 Å². The van der Waals surface area contributed by atoms with E-state index in [1.54, 1.807) is 32.3 Å². The lowest BCUT2D eigenvalue weighted by molar-refractivity contribution is 0.0524. The van der Waals surface area contributed by atoms with E-state index in [1.165, 1.54) is 6.92 Å². The Morgan fingerprint density at radius 3 is 2.52 bits per heavy atom. The zero-order chi connectivity index (χ0) is 15.4. The van der Waals surface area contributed by atoms with Crippen LogP contribution >= 0.6 is 0 Å². The van der Waals surface area contributed by atoms with E-state index in [2.05, 4.69) is 15.3 Å². The lowest BCUT2D eigenvalue weighted by Crippen LogP contribution is -2.11. The number of ether oxygens (including phenoxy) is 1. The Bertz CT molecular complexity index is 664. The maximum absolute atomic E-state index is 12.1. The molecule has 0 saturated heterocycles. The Labute approximate surface area is 121 Å². The quantitative estimate of drug-likeness (QED) is 0.667. The highest BCUT2D eigenvalue weighted by molar-refractivity contribution is 6.09. The van der Waals surface area contributed by atoms with Gasteiger partial charge in [0, 0.05) is 12.4 Å². The molecule has 0 atom stereocenters. The standard InChI is InChI=1S/C14H15N3O4/c1-4-20-13(19)11-10(8(2)18)9(3)21-12(11)17-14-15-6-5-7-16-14/h5-7H,4H2,1-3H3,(H,15,16,17). The largest absolute Gasteiger partial charge is 0.462 e. The summed E-state index contributed by atoms with van der Waals surface area (Å²) in [5.74, 6) is -0.211. The molecule has 0 unspecified atom stereocenters. The van der Waals surface area contributed by atoms with Crippen LogP contribution in [0.4, 0.5) is 11.8 Å². The molecular weight excluding hydrogens is 274 g/mol. The molecule has 0 aliphatic heterocycles. The second-order valence-electron chi connectivity index (χ2n) is 4.21. The van der Waals surface area contributed by atoms with Gasteiger partial charge in [-0.15, -0.1) is 0 Å². The Hall–Kier alpha value is -2.70. The van der Waals surface area contributed by atoms with Gasteiger partial charge in [-0.3, -0.25) is 10.1 Å². The molecule has 1 N–H and O–H groups in total. The maximum atomic E-state index is 12.1.